The molecule has 5 nitrogen and oxygen atoms in total. The van der Waals surface area contributed by atoms with Crippen molar-refractivity contribution in [3.63, 3.8) is 0 Å². The first-order valence-corrected chi connectivity index (χ1v) is 7.58. The molecular weight excluding hydrogens is 240 g/mol. The molecule has 1 amide bonds. The monoisotopic (exact) mass is 262 g/mol. The van der Waals surface area contributed by atoms with E-state index in [-0.39, 0.29) is 0 Å². The summed E-state index contributed by atoms with van der Waals surface area (Å²) in [6, 6.07) is 0. The van der Waals surface area contributed by atoms with E-state index in [1.807, 2.05) is 13.8 Å². The second kappa shape index (κ2) is 4.94. The molecule has 0 aliphatic heterocycles. The van der Waals surface area contributed by atoms with Crippen molar-refractivity contribution in [1.82, 2.24) is 4.72 Å². The number of amides is 1. The SMILES string of the molecule is CC[C@H](C)C[C@@](C)(N)C(=O)NS(=O)(=O)C1CC1. The second-order valence-electron chi connectivity index (χ2n) is 5.31. The van der Waals surface area contributed by atoms with Crippen molar-refractivity contribution in [2.24, 2.45) is 11.7 Å². The molecule has 1 aliphatic rings. The third-order valence-electron chi connectivity index (χ3n) is 3.19. The number of nitrogens with one attached hydrogen (secondary N) is 1. The van der Waals surface area contributed by atoms with Crippen LogP contribution in [0.4, 0.5) is 0 Å². The molecule has 0 spiro atoms. The Morgan fingerprint density at radius 2 is 2.06 bits per heavy atom. The van der Waals surface area contributed by atoms with E-state index in [0.29, 0.717) is 25.2 Å². The minimum Gasteiger partial charge on any atom is -0.318 e. The van der Waals surface area contributed by atoms with Gasteiger partial charge in [0.1, 0.15) is 0 Å². The van der Waals surface area contributed by atoms with Crippen LogP contribution in [0, 0.1) is 5.92 Å². The van der Waals surface area contributed by atoms with E-state index in [2.05, 4.69) is 4.72 Å². The molecule has 3 N–H and O–H groups in total. The molecule has 0 unspecified atom stereocenters. The Morgan fingerprint density at radius 3 is 2.47 bits per heavy atom. The van der Waals surface area contributed by atoms with Gasteiger partial charge in [-0.1, -0.05) is 20.3 Å². The molecule has 17 heavy (non-hydrogen) atoms. The standard InChI is InChI=1S/C11H22N2O3S/c1-4-8(2)7-11(3,12)10(14)13-17(15,16)9-5-6-9/h8-9H,4-7,12H2,1-3H3,(H,13,14)/t8-,11+/m0/s1. The van der Waals surface area contributed by atoms with Crippen molar-refractivity contribution in [1.29, 1.82) is 0 Å². The Balaban J connectivity index is 2.62. The largest absolute Gasteiger partial charge is 0.318 e. The van der Waals surface area contributed by atoms with Crippen LogP contribution < -0.4 is 10.5 Å². The summed E-state index contributed by atoms with van der Waals surface area (Å²) >= 11 is 0. The smallest absolute Gasteiger partial charge is 0.253 e. The lowest BCUT2D eigenvalue weighted by Crippen LogP contribution is -2.54. The molecule has 0 saturated heterocycles. The summed E-state index contributed by atoms with van der Waals surface area (Å²) in [5.41, 5.74) is 4.76. The molecule has 2 atom stereocenters. The summed E-state index contributed by atoms with van der Waals surface area (Å²) in [7, 11) is -3.49. The minimum atomic E-state index is -3.49. The molecule has 6 heteroatoms. The lowest BCUT2D eigenvalue weighted by molar-refractivity contribution is -0.124. The maximum atomic E-state index is 11.8. The molecule has 1 aliphatic carbocycles. The van der Waals surface area contributed by atoms with Crippen LogP contribution in [-0.2, 0) is 14.8 Å². The summed E-state index contributed by atoms with van der Waals surface area (Å²) in [5.74, 6) is -0.302. The van der Waals surface area contributed by atoms with Gasteiger partial charge in [0.05, 0.1) is 10.8 Å². The predicted octanol–water partition coefficient (Wildman–Crippen LogP) is 0.748. The summed E-state index contributed by atoms with van der Waals surface area (Å²) in [5, 5.41) is -0.397. The second-order valence-corrected chi connectivity index (χ2v) is 7.27. The van der Waals surface area contributed by atoms with Gasteiger partial charge in [0.2, 0.25) is 10.0 Å². The van der Waals surface area contributed by atoms with Crippen LogP contribution in [0.25, 0.3) is 0 Å². The third-order valence-corrected chi connectivity index (χ3v) is 5.01. The molecule has 0 aromatic carbocycles. The number of carbonyl (C=O) groups excluding carboxylic acids is 1. The average Bonchev–Trinajstić information content (AvgIpc) is 2.99. The average molecular weight is 262 g/mol. The molecule has 0 heterocycles. The van der Waals surface area contributed by atoms with E-state index >= 15 is 0 Å². The highest BCUT2D eigenvalue weighted by Gasteiger charge is 2.40. The first-order valence-electron chi connectivity index (χ1n) is 6.04. The fourth-order valence-corrected chi connectivity index (χ4v) is 3.08. The van der Waals surface area contributed by atoms with E-state index in [1.165, 1.54) is 0 Å². The summed E-state index contributed by atoms with van der Waals surface area (Å²) in [6.45, 7) is 5.59. The third kappa shape index (κ3) is 3.96. The van der Waals surface area contributed by atoms with Crippen LogP contribution in [0.5, 0.6) is 0 Å². The molecule has 1 fully saturated rings. The van der Waals surface area contributed by atoms with Crippen molar-refractivity contribution < 1.29 is 13.2 Å². The summed E-state index contributed by atoms with van der Waals surface area (Å²) < 4.78 is 25.3. The number of carbonyl (C=O) groups is 1. The molecule has 1 saturated carbocycles. The van der Waals surface area contributed by atoms with E-state index in [1.54, 1.807) is 6.92 Å². The Hall–Kier alpha value is -0.620. The molecule has 1 rings (SSSR count). The van der Waals surface area contributed by atoms with Gasteiger partial charge in [-0.3, -0.25) is 9.52 Å². The van der Waals surface area contributed by atoms with Crippen LogP contribution in [-0.4, -0.2) is 25.1 Å². The van der Waals surface area contributed by atoms with Gasteiger partial charge in [-0.15, -0.1) is 0 Å². The Kier molecular flexibility index (Phi) is 4.19. The van der Waals surface area contributed by atoms with Crippen molar-refractivity contribution in [2.45, 2.75) is 57.2 Å². The number of rotatable bonds is 6. The molecule has 0 radical (unpaired) electrons. The zero-order valence-corrected chi connectivity index (χ0v) is 11.5. The van der Waals surface area contributed by atoms with E-state index in [0.717, 1.165) is 6.42 Å². The van der Waals surface area contributed by atoms with Crippen molar-refractivity contribution in [3.8, 4) is 0 Å². The lowest BCUT2D eigenvalue weighted by Gasteiger charge is -2.26. The highest BCUT2D eigenvalue weighted by molar-refractivity contribution is 7.90. The van der Waals surface area contributed by atoms with Crippen molar-refractivity contribution in [3.05, 3.63) is 0 Å². The zero-order chi connectivity index (χ0) is 13.3. The van der Waals surface area contributed by atoms with Gasteiger partial charge in [0.15, 0.2) is 0 Å². The first-order chi connectivity index (χ1) is 7.69. The van der Waals surface area contributed by atoms with Gasteiger partial charge in [-0.2, -0.15) is 0 Å². The molecule has 0 aromatic rings. The maximum Gasteiger partial charge on any atom is 0.253 e. The molecular formula is C11H22N2O3S. The Morgan fingerprint density at radius 1 is 1.53 bits per heavy atom. The topological polar surface area (TPSA) is 89.3 Å². The first kappa shape index (κ1) is 14.4. The fourth-order valence-electron chi connectivity index (χ4n) is 1.67. The highest BCUT2D eigenvalue weighted by atomic mass is 32.2. The predicted molar refractivity (Wildman–Crippen MR) is 66.7 cm³/mol. The Labute approximate surface area is 103 Å². The number of hydrogen-bond donors (Lipinski definition) is 2. The van der Waals surface area contributed by atoms with Crippen LogP contribution >= 0.6 is 0 Å². The lowest BCUT2D eigenvalue weighted by atomic mass is 9.89. The minimum absolute atomic E-state index is 0.291. The van der Waals surface area contributed by atoms with Gasteiger partial charge in [0, 0.05) is 0 Å². The summed E-state index contributed by atoms with van der Waals surface area (Å²) in [6.07, 6.45) is 2.66. The fraction of sp³-hybridized carbons (Fsp3) is 0.909. The normalized spacial score (nSPS) is 21.6. The molecule has 100 valence electrons. The van der Waals surface area contributed by atoms with Gasteiger partial charge >= 0.3 is 0 Å². The number of sulfonamides is 1. The van der Waals surface area contributed by atoms with Crippen LogP contribution in [0.2, 0.25) is 0 Å². The highest BCUT2D eigenvalue weighted by Crippen LogP contribution is 2.28. The van der Waals surface area contributed by atoms with Gasteiger partial charge in [0.25, 0.3) is 5.91 Å². The van der Waals surface area contributed by atoms with Gasteiger partial charge < -0.3 is 5.73 Å². The molecule has 0 bridgehead atoms. The van der Waals surface area contributed by atoms with Gasteiger partial charge in [-0.05, 0) is 32.1 Å². The van der Waals surface area contributed by atoms with Crippen molar-refractivity contribution in [2.75, 3.05) is 0 Å². The van der Waals surface area contributed by atoms with E-state index in [4.69, 9.17) is 5.73 Å². The number of hydrogen-bond acceptors (Lipinski definition) is 4. The van der Waals surface area contributed by atoms with Crippen LogP contribution in [0.15, 0.2) is 0 Å². The maximum absolute atomic E-state index is 11.8. The zero-order valence-electron chi connectivity index (χ0n) is 10.7. The van der Waals surface area contributed by atoms with Crippen LogP contribution in [0.1, 0.15) is 46.5 Å². The van der Waals surface area contributed by atoms with Crippen LogP contribution in [0.3, 0.4) is 0 Å². The summed E-state index contributed by atoms with van der Waals surface area (Å²) in [4.78, 5) is 11.8. The van der Waals surface area contributed by atoms with Crippen molar-refractivity contribution >= 4 is 15.9 Å². The quantitative estimate of drug-likeness (QED) is 0.739. The molecule has 0 aromatic heterocycles. The Bertz CT molecular complexity index is 386. The number of nitrogens with two attached hydrogens (primary N) is 1. The van der Waals surface area contributed by atoms with Gasteiger partial charge in [-0.25, -0.2) is 8.42 Å². The van der Waals surface area contributed by atoms with E-state index in [9.17, 15) is 13.2 Å². The van der Waals surface area contributed by atoms with E-state index < -0.39 is 26.7 Å².